The number of hydrogen-bond acceptors (Lipinski definition) is 4. The first-order valence-electron chi connectivity index (χ1n) is 7.28. The lowest BCUT2D eigenvalue weighted by Crippen LogP contribution is -2.37. The van der Waals surface area contributed by atoms with Gasteiger partial charge >= 0.3 is 0 Å². The Bertz CT molecular complexity index is 983. The van der Waals surface area contributed by atoms with E-state index < -0.39 is 22.5 Å². The average molecular weight is 472 g/mol. The summed E-state index contributed by atoms with van der Waals surface area (Å²) in [5.74, 6) is -0.269. The standard InChI is InChI=1S/C16H14Cl4N2O4S/c1-26-15-4-3-9(17)5-13(15)21-16(23)8-22(27(2,24)25)14-7-11(19)10(18)6-12(14)20/h3-7H,8H2,1-2H3,(H,21,23). The van der Waals surface area contributed by atoms with Crippen LogP contribution in [-0.4, -0.2) is 34.2 Å². The van der Waals surface area contributed by atoms with Crippen LogP contribution in [0, 0.1) is 0 Å². The largest absolute Gasteiger partial charge is 0.495 e. The number of nitrogens with one attached hydrogen (secondary N) is 1. The van der Waals surface area contributed by atoms with Gasteiger partial charge in [-0.15, -0.1) is 0 Å². The van der Waals surface area contributed by atoms with Crippen molar-refractivity contribution in [1.29, 1.82) is 0 Å². The number of nitrogens with zero attached hydrogens (tertiary/aromatic N) is 1. The van der Waals surface area contributed by atoms with E-state index in [0.717, 1.165) is 10.6 Å². The highest BCUT2D eigenvalue weighted by atomic mass is 35.5. The molecule has 0 aliphatic carbocycles. The zero-order chi connectivity index (χ0) is 20.4. The Kier molecular flexibility index (Phi) is 7.10. The maximum Gasteiger partial charge on any atom is 0.245 e. The lowest BCUT2D eigenvalue weighted by Gasteiger charge is -2.23. The molecule has 2 aromatic rings. The lowest BCUT2D eigenvalue weighted by molar-refractivity contribution is -0.114. The first kappa shape index (κ1) is 21.9. The first-order chi connectivity index (χ1) is 12.5. The molecule has 11 heteroatoms. The average Bonchev–Trinajstić information content (AvgIpc) is 2.55. The predicted molar refractivity (Wildman–Crippen MR) is 110 cm³/mol. The molecule has 2 aromatic carbocycles. The fourth-order valence-corrected chi connectivity index (χ4v) is 3.91. The second-order valence-corrected chi connectivity index (χ2v) is 8.94. The molecule has 1 amide bonds. The summed E-state index contributed by atoms with van der Waals surface area (Å²) in [6.07, 6.45) is 0.944. The fourth-order valence-electron chi connectivity index (χ4n) is 2.18. The molecule has 1 N–H and O–H groups in total. The molecule has 2 rings (SSSR count). The molecule has 0 radical (unpaired) electrons. The molecule has 0 unspecified atom stereocenters. The molecule has 0 aliphatic heterocycles. The van der Waals surface area contributed by atoms with Gasteiger partial charge in [-0.3, -0.25) is 9.10 Å². The number of benzene rings is 2. The van der Waals surface area contributed by atoms with Crippen LogP contribution in [0.2, 0.25) is 20.1 Å². The Hall–Kier alpha value is -1.38. The highest BCUT2D eigenvalue weighted by molar-refractivity contribution is 7.92. The van der Waals surface area contributed by atoms with Crippen LogP contribution in [0.3, 0.4) is 0 Å². The molecule has 27 heavy (non-hydrogen) atoms. The molecule has 146 valence electrons. The maximum absolute atomic E-state index is 12.5. The number of hydrogen-bond donors (Lipinski definition) is 1. The summed E-state index contributed by atoms with van der Waals surface area (Å²) < 4.78 is 30.4. The quantitative estimate of drug-likeness (QED) is 0.618. The minimum Gasteiger partial charge on any atom is -0.495 e. The third-order valence-electron chi connectivity index (χ3n) is 3.38. The van der Waals surface area contributed by atoms with E-state index in [1.54, 1.807) is 12.1 Å². The van der Waals surface area contributed by atoms with Crippen LogP contribution in [-0.2, 0) is 14.8 Å². The second kappa shape index (κ2) is 8.75. The van der Waals surface area contributed by atoms with E-state index in [-0.39, 0.29) is 20.8 Å². The summed E-state index contributed by atoms with van der Waals surface area (Å²) in [7, 11) is -2.42. The van der Waals surface area contributed by atoms with Crippen molar-refractivity contribution in [1.82, 2.24) is 0 Å². The first-order valence-corrected chi connectivity index (χ1v) is 10.6. The fraction of sp³-hybridized carbons (Fsp3) is 0.188. The Balaban J connectivity index is 2.34. The van der Waals surface area contributed by atoms with Gasteiger partial charge in [0.2, 0.25) is 15.9 Å². The maximum atomic E-state index is 12.5. The van der Waals surface area contributed by atoms with Gasteiger partial charge in [0.05, 0.1) is 39.8 Å². The van der Waals surface area contributed by atoms with Crippen molar-refractivity contribution in [3.63, 3.8) is 0 Å². The van der Waals surface area contributed by atoms with E-state index in [4.69, 9.17) is 51.1 Å². The van der Waals surface area contributed by atoms with Gasteiger partial charge < -0.3 is 10.1 Å². The van der Waals surface area contributed by atoms with E-state index in [9.17, 15) is 13.2 Å². The Labute approximate surface area is 177 Å². The van der Waals surface area contributed by atoms with E-state index in [0.29, 0.717) is 16.5 Å². The number of anilines is 2. The van der Waals surface area contributed by atoms with Crippen molar-refractivity contribution in [2.75, 3.05) is 29.5 Å². The monoisotopic (exact) mass is 470 g/mol. The molecule has 0 fully saturated rings. The SMILES string of the molecule is COc1ccc(Cl)cc1NC(=O)CN(c1cc(Cl)c(Cl)cc1Cl)S(C)(=O)=O. The van der Waals surface area contributed by atoms with E-state index in [1.165, 1.54) is 25.3 Å². The Morgan fingerprint density at radius 1 is 1.07 bits per heavy atom. The number of carbonyl (C=O) groups is 1. The number of methoxy groups -OCH3 is 1. The molecule has 0 aromatic heterocycles. The van der Waals surface area contributed by atoms with Gasteiger partial charge in [0.1, 0.15) is 12.3 Å². The molecular weight excluding hydrogens is 458 g/mol. The number of halogens is 4. The van der Waals surface area contributed by atoms with Gasteiger partial charge in [-0.25, -0.2) is 8.42 Å². The smallest absolute Gasteiger partial charge is 0.245 e. The molecule has 0 bridgehead atoms. The second-order valence-electron chi connectivity index (χ2n) is 5.38. The van der Waals surface area contributed by atoms with Crippen molar-refractivity contribution < 1.29 is 17.9 Å². The van der Waals surface area contributed by atoms with Crippen molar-refractivity contribution >= 4 is 73.7 Å². The van der Waals surface area contributed by atoms with Gasteiger partial charge in [0, 0.05) is 5.02 Å². The highest BCUT2D eigenvalue weighted by Crippen LogP contribution is 2.35. The van der Waals surface area contributed by atoms with Crippen LogP contribution in [0.15, 0.2) is 30.3 Å². The van der Waals surface area contributed by atoms with Gasteiger partial charge in [-0.05, 0) is 30.3 Å². The molecule has 0 spiro atoms. The zero-order valence-corrected chi connectivity index (χ0v) is 17.9. The normalized spacial score (nSPS) is 11.2. The van der Waals surface area contributed by atoms with Crippen molar-refractivity contribution in [2.45, 2.75) is 0 Å². The molecule has 0 atom stereocenters. The molecule has 6 nitrogen and oxygen atoms in total. The van der Waals surface area contributed by atoms with Crippen molar-refractivity contribution in [2.24, 2.45) is 0 Å². The number of ether oxygens (including phenoxy) is 1. The summed E-state index contributed by atoms with van der Waals surface area (Å²) in [5, 5.41) is 3.23. The number of amides is 1. The molecule has 0 aliphatic rings. The minimum atomic E-state index is -3.85. The molecule has 0 saturated heterocycles. The topological polar surface area (TPSA) is 75.7 Å². The summed E-state index contributed by atoms with van der Waals surface area (Å²) in [6.45, 7) is -0.549. The molecular formula is C16H14Cl4N2O4S. The van der Waals surface area contributed by atoms with E-state index in [1.807, 2.05) is 0 Å². The number of rotatable bonds is 6. The predicted octanol–water partition coefficient (Wildman–Crippen LogP) is 4.71. The van der Waals surface area contributed by atoms with Crippen LogP contribution >= 0.6 is 46.4 Å². The van der Waals surface area contributed by atoms with Gasteiger partial charge in [-0.2, -0.15) is 0 Å². The number of sulfonamides is 1. The third-order valence-corrected chi connectivity index (χ3v) is 5.77. The van der Waals surface area contributed by atoms with Crippen LogP contribution in [0.25, 0.3) is 0 Å². The Morgan fingerprint density at radius 2 is 1.70 bits per heavy atom. The van der Waals surface area contributed by atoms with E-state index in [2.05, 4.69) is 5.32 Å². The van der Waals surface area contributed by atoms with Crippen LogP contribution in [0.4, 0.5) is 11.4 Å². The minimum absolute atomic E-state index is 0.0294. The zero-order valence-electron chi connectivity index (χ0n) is 14.1. The van der Waals surface area contributed by atoms with Crippen LogP contribution in [0.5, 0.6) is 5.75 Å². The highest BCUT2D eigenvalue weighted by Gasteiger charge is 2.24. The van der Waals surface area contributed by atoms with Gasteiger partial charge in [0.25, 0.3) is 0 Å². The van der Waals surface area contributed by atoms with Crippen LogP contribution in [0.1, 0.15) is 0 Å². The summed E-state index contributed by atoms with van der Waals surface area (Å²) in [6, 6.07) is 7.23. The number of carbonyl (C=O) groups excluding carboxylic acids is 1. The Morgan fingerprint density at radius 3 is 2.30 bits per heavy atom. The van der Waals surface area contributed by atoms with Gasteiger partial charge in [0.15, 0.2) is 0 Å². The lowest BCUT2D eigenvalue weighted by atomic mass is 10.3. The van der Waals surface area contributed by atoms with Gasteiger partial charge in [-0.1, -0.05) is 46.4 Å². The summed E-state index contributed by atoms with van der Waals surface area (Å²) in [4.78, 5) is 12.5. The third kappa shape index (κ3) is 5.56. The summed E-state index contributed by atoms with van der Waals surface area (Å²) >= 11 is 23.9. The van der Waals surface area contributed by atoms with E-state index >= 15 is 0 Å². The van der Waals surface area contributed by atoms with Crippen molar-refractivity contribution in [3.8, 4) is 5.75 Å². The molecule has 0 saturated carbocycles. The molecule has 0 heterocycles. The van der Waals surface area contributed by atoms with Crippen molar-refractivity contribution in [3.05, 3.63) is 50.4 Å². The summed E-state index contributed by atoms with van der Waals surface area (Å²) in [5.41, 5.74) is 0.325. The van der Waals surface area contributed by atoms with Crippen LogP contribution < -0.4 is 14.4 Å².